The van der Waals surface area contributed by atoms with Gasteiger partial charge in [-0.2, -0.15) is 0 Å². The maximum atomic E-state index is 11.5. The Balaban J connectivity index is 4.03. The molecule has 0 aliphatic carbocycles. The fraction of sp³-hybridized carbons (Fsp3) is 0.818. The third kappa shape index (κ3) is 11.5. The number of carboxylic acid groups (broad SMARTS) is 1. The second-order valence-corrected chi connectivity index (χ2v) is 5.31. The SMILES string of the molecule is CC(C)(C)OC(=O)N[C@@H](CCCNC/N=N/[N+](=O)[O-])C(=O)O. The summed E-state index contributed by atoms with van der Waals surface area (Å²) in [5.41, 5.74) is -0.712. The van der Waals surface area contributed by atoms with Crippen molar-refractivity contribution in [1.82, 2.24) is 10.6 Å². The van der Waals surface area contributed by atoms with Crippen molar-refractivity contribution < 1.29 is 24.5 Å². The Hall–Kier alpha value is -2.30. The van der Waals surface area contributed by atoms with Gasteiger partial charge in [-0.25, -0.2) is 9.59 Å². The van der Waals surface area contributed by atoms with Crippen LogP contribution in [0.3, 0.4) is 0 Å². The zero-order chi connectivity index (χ0) is 17.2. The molecule has 0 saturated heterocycles. The number of rotatable bonds is 9. The number of amides is 1. The highest BCUT2D eigenvalue weighted by molar-refractivity contribution is 5.79. The van der Waals surface area contributed by atoms with E-state index in [2.05, 4.69) is 21.0 Å². The highest BCUT2D eigenvalue weighted by atomic mass is 16.7. The van der Waals surface area contributed by atoms with Gasteiger partial charge in [0.1, 0.15) is 11.6 Å². The zero-order valence-electron chi connectivity index (χ0n) is 12.7. The molecular formula is C11H21N5O6. The van der Waals surface area contributed by atoms with E-state index in [0.717, 1.165) is 0 Å². The molecule has 0 aliphatic rings. The molecule has 3 N–H and O–H groups in total. The molecule has 0 unspecified atom stereocenters. The molecule has 0 aromatic heterocycles. The summed E-state index contributed by atoms with van der Waals surface area (Å²) in [6.45, 7) is 5.35. The average Bonchev–Trinajstić information content (AvgIpc) is 2.33. The van der Waals surface area contributed by atoms with Crippen molar-refractivity contribution in [2.75, 3.05) is 13.2 Å². The monoisotopic (exact) mass is 319 g/mol. The number of alkyl carbamates (subject to hydrolysis) is 1. The predicted molar refractivity (Wildman–Crippen MR) is 74.7 cm³/mol. The van der Waals surface area contributed by atoms with Crippen molar-refractivity contribution in [3.8, 4) is 0 Å². The Morgan fingerprint density at radius 2 is 2.05 bits per heavy atom. The van der Waals surface area contributed by atoms with Crippen LogP contribution in [0.2, 0.25) is 0 Å². The Kier molecular flexibility index (Phi) is 8.60. The highest BCUT2D eigenvalue weighted by Crippen LogP contribution is 2.07. The molecule has 0 rings (SSSR count). The molecule has 0 aromatic rings. The maximum absolute atomic E-state index is 11.5. The van der Waals surface area contributed by atoms with Crippen molar-refractivity contribution >= 4 is 12.1 Å². The molecule has 22 heavy (non-hydrogen) atoms. The van der Waals surface area contributed by atoms with Gasteiger partial charge in [-0.1, -0.05) is 0 Å². The molecule has 126 valence electrons. The average molecular weight is 319 g/mol. The van der Waals surface area contributed by atoms with Crippen LogP contribution < -0.4 is 10.6 Å². The maximum Gasteiger partial charge on any atom is 0.408 e. The first-order valence-electron chi connectivity index (χ1n) is 6.56. The number of aliphatic carboxylic acids is 1. The molecule has 0 fully saturated rings. The van der Waals surface area contributed by atoms with E-state index in [1.807, 2.05) is 0 Å². The summed E-state index contributed by atoms with van der Waals surface area (Å²) in [6, 6.07) is -1.07. The molecule has 0 spiro atoms. The normalized spacial score (nSPS) is 12.9. The first-order valence-corrected chi connectivity index (χ1v) is 6.56. The van der Waals surface area contributed by atoms with Crippen molar-refractivity contribution in [2.45, 2.75) is 45.3 Å². The first kappa shape index (κ1) is 19.7. The van der Waals surface area contributed by atoms with Gasteiger partial charge >= 0.3 is 12.1 Å². The Morgan fingerprint density at radius 1 is 1.41 bits per heavy atom. The molecular weight excluding hydrogens is 298 g/mol. The molecule has 1 atom stereocenters. The largest absolute Gasteiger partial charge is 0.480 e. The van der Waals surface area contributed by atoms with Gasteiger partial charge < -0.3 is 25.3 Å². The number of nitrogens with zero attached hydrogens (tertiary/aromatic N) is 3. The van der Waals surface area contributed by atoms with Gasteiger partial charge in [0, 0.05) is 0 Å². The predicted octanol–water partition coefficient (Wildman–Crippen LogP) is 0.935. The van der Waals surface area contributed by atoms with Gasteiger partial charge in [0.05, 0.1) is 10.1 Å². The quantitative estimate of drug-likeness (QED) is 0.247. The van der Waals surface area contributed by atoms with Crippen LogP contribution in [0.25, 0.3) is 0 Å². The van der Waals surface area contributed by atoms with E-state index in [0.29, 0.717) is 13.0 Å². The molecule has 0 heterocycles. The Labute approximate surface area is 127 Å². The minimum atomic E-state index is -1.17. The molecule has 11 nitrogen and oxygen atoms in total. The number of nitro groups is 1. The van der Waals surface area contributed by atoms with E-state index >= 15 is 0 Å². The Bertz CT molecular complexity index is 420. The lowest BCUT2D eigenvalue weighted by molar-refractivity contribution is -0.494. The van der Waals surface area contributed by atoms with Gasteiger partial charge in [-0.05, 0) is 40.2 Å². The van der Waals surface area contributed by atoms with E-state index < -0.39 is 28.7 Å². The van der Waals surface area contributed by atoms with E-state index in [4.69, 9.17) is 9.84 Å². The fourth-order valence-corrected chi connectivity index (χ4v) is 1.35. The molecule has 0 saturated carbocycles. The summed E-state index contributed by atoms with van der Waals surface area (Å²) in [5.74, 6) is -1.17. The second kappa shape index (κ2) is 9.60. The number of nitrogens with one attached hydrogen (secondary N) is 2. The van der Waals surface area contributed by atoms with Crippen LogP contribution in [0.15, 0.2) is 10.3 Å². The van der Waals surface area contributed by atoms with Gasteiger partial charge in [-0.3, -0.25) is 5.32 Å². The third-order valence-corrected chi connectivity index (χ3v) is 2.15. The van der Waals surface area contributed by atoms with Crippen LogP contribution >= 0.6 is 0 Å². The summed E-state index contributed by atoms with van der Waals surface area (Å²) in [4.78, 5) is 32.4. The summed E-state index contributed by atoms with van der Waals surface area (Å²) in [6.07, 6.45) is -0.207. The number of hydrogen-bond acceptors (Lipinski definition) is 7. The molecule has 1 amide bonds. The first-order chi connectivity index (χ1) is 10.1. The molecule has 0 aliphatic heterocycles. The van der Waals surface area contributed by atoms with Crippen molar-refractivity contribution in [1.29, 1.82) is 0 Å². The van der Waals surface area contributed by atoms with Gasteiger partial charge in [-0.15, -0.1) is 0 Å². The second-order valence-electron chi connectivity index (χ2n) is 5.31. The van der Waals surface area contributed by atoms with E-state index in [-0.39, 0.29) is 13.1 Å². The van der Waals surface area contributed by atoms with Crippen molar-refractivity contribution in [3.05, 3.63) is 10.1 Å². The number of hydrogen-bond donors (Lipinski definition) is 3. The third-order valence-electron chi connectivity index (χ3n) is 2.15. The molecule has 0 radical (unpaired) electrons. The standard InChI is InChI=1S/C11H21N5O6/c1-11(2,3)22-10(19)14-8(9(17)18)5-4-6-12-7-13-15-16(20)21/h8,12H,4-7H2,1-3H3,(H,14,19)(H,17,18)/b15-13+/t8-/m0/s1. The van der Waals surface area contributed by atoms with Gasteiger partial charge in [0.15, 0.2) is 5.22 Å². The van der Waals surface area contributed by atoms with Crippen LogP contribution in [0, 0.1) is 10.1 Å². The lowest BCUT2D eigenvalue weighted by Crippen LogP contribution is -2.43. The topological polar surface area (TPSA) is 156 Å². The van der Waals surface area contributed by atoms with Crippen molar-refractivity contribution in [2.24, 2.45) is 10.3 Å². The van der Waals surface area contributed by atoms with Crippen LogP contribution in [0.1, 0.15) is 33.6 Å². The van der Waals surface area contributed by atoms with E-state index in [9.17, 15) is 19.7 Å². The molecule has 11 heteroatoms. The fourth-order valence-electron chi connectivity index (χ4n) is 1.35. The molecule has 0 aromatic carbocycles. The van der Waals surface area contributed by atoms with E-state index in [1.54, 1.807) is 20.8 Å². The lowest BCUT2D eigenvalue weighted by Gasteiger charge is -2.21. The van der Waals surface area contributed by atoms with Crippen molar-refractivity contribution in [3.63, 3.8) is 0 Å². The van der Waals surface area contributed by atoms with E-state index in [1.165, 1.54) is 0 Å². The summed E-state index contributed by atoms with van der Waals surface area (Å²) in [7, 11) is 0. The highest BCUT2D eigenvalue weighted by Gasteiger charge is 2.23. The summed E-state index contributed by atoms with van der Waals surface area (Å²) < 4.78 is 4.98. The van der Waals surface area contributed by atoms with Gasteiger partial charge in [0.25, 0.3) is 0 Å². The number of ether oxygens (including phenoxy) is 1. The lowest BCUT2D eigenvalue weighted by atomic mass is 10.1. The van der Waals surface area contributed by atoms with Gasteiger partial charge in [0.2, 0.25) is 6.67 Å². The summed E-state index contributed by atoms with van der Waals surface area (Å²) in [5, 5.41) is 28.8. The summed E-state index contributed by atoms with van der Waals surface area (Å²) >= 11 is 0. The number of carbonyl (C=O) groups is 2. The minimum absolute atomic E-state index is 0.0434. The van der Waals surface area contributed by atoms with Crippen LogP contribution in [-0.2, 0) is 9.53 Å². The smallest absolute Gasteiger partial charge is 0.408 e. The number of carbonyl (C=O) groups excluding carboxylic acids is 1. The zero-order valence-corrected chi connectivity index (χ0v) is 12.7. The number of carboxylic acids is 1. The minimum Gasteiger partial charge on any atom is -0.480 e. The van der Waals surface area contributed by atoms with Crippen LogP contribution in [-0.4, -0.2) is 47.1 Å². The van der Waals surface area contributed by atoms with Crippen LogP contribution in [0.5, 0.6) is 0 Å². The molecule has 0 bridgehead atoms. The Morgan fingerprint density at radius 3 is 2.55 bits per heavy atom. The van der Waals surface area contributed by atoms with Crippen LogP contribution in [0.4, 0.5) is 4.79 Å².